The molecule has 80 valence electrons. The van der Waals surface area contributed by atoms with E-state index in [4.69, 9.17) is 9.84 Å². The predicted molar refractivity (Wildman–Crippen MR) is 59.2 cm³/mol. The van der Waals surface area contributed by atoms with Crippen molar-refractivity contribution in [2.45, 2.75) is 19.4 Å². The van der Waals surface area contributed by atoms with E-state index in [1.807, 2.05) is 38.1 Å². The number of hydrogen-bond acceptors (Lipinski definition) is 3. The molecule has 3 heteroatoms. The van der Waals surface area contributed by atoms with E-state index in [1.54, 1.807) is 0 Å². The number of aryl methyl sites for hydroxylation is 1. The maximum atomic E-state index is 9.16. The minimum absolute atomic E-state index is 0.0162. The van der Waals surface area contributed by atoms with Crippen molar-refractivity contribution in [2.75, 3.05) is 13.2 Å². The molecule has 1 aromatic rings. The second-order valence-corrected chi connectivity index (χ2v) is 4.23. The Hall–Kier alpha value is -1.35. The lowest BCUT2D eigenvalue weighted by Crippen LogP contribution is -2.28. The van der Waals surface area contributed by atoms with Gasteiger partial charge in [0.2, 0.25) is 5.90 Å². The van der Waals surface area contributed by atoms with Crippen molar-refractivity contribution < 1.29 is 9.84 Å². The molecule has 0 unspecified atom stereocenters. The first kappa shape index (κ1) is 10.2. The molecular formula is C12H15NO2. The molecule has 1 heterocycles. The van der Waals surface area contributed by atoms with Gasteiger partial charge in [-0.1, -0.05) is 17.7 Å². The molecule has 0 amide bonds. The lowest BCUT2D eigenvalue weighted by Gasteiger charge is -2.12. The lowest BCUT2D eigenvalue weighted by molar-refractivity contribution is 0.170. The van der Waals surface area contributed by atoms with Gasteiger partial charge in [0.15, 0.2) is 0 Å². The second-order valence-electron chi connectivity index (χ2n) is 4.23. The van der Waals surface area contributed by atoms with E-state index in [2.05, 4.69) is 4.99 Å². The number of aliphatic imine (C=N–C) groups is 1. The maximum absolute atomic E-state index is 9.16. The van der Waals surface area contributed by atoms with Crippen LogP contribution in [-0.2, 0) is 4.74 Å². The Labute approximate surface area is 89.4 Å². The Bertz CT molecular complexity index is 400. The van der Waals surface area contributed by atoms with E-state index >= 15 is 0 Å². The monoisotopic (exact) mass is 205 g/mol. The second kappa shape index (κ2) is 3.66. The number of hydrogen-bond donors (Lipinski definition) is 1. The summed E-state index contributed by atoms with van der Waals surface area (Å²) in [4.78, 5) is 4.39. The van der Waals surface area contributed by atoms with Gasteiger partial charge in [-0.05, 0) is 26.0 Å². The van der Waals surface area contributed by atoms with E-state index in [9.17, 15) is 0 Å². The number of nitrogens with zero attached hydrogens (tertiary/aromatic N) is 1. The van der Waals surface area contributed by atoms with Crippen LogP contribution in [0.15, 0.2) is 29.3 Å². The van der Waals surface area contributed by atoms with Gasteiger partial charge in [0, 0.05) is 5.56 Å². The van der Waals surface area contributed by atoms with Crippen molar-refractivity contribution >= 4 is 5.90 Å². The summed E-state index contributed by atoms with van der Waals surface area (Å²) in [5, 5.41) is 9.16. The molecule has 0 bridgehead atoms. The first-order chi connectivity index (χ1) is 7.13. The number of rotatable bonds is 2. The zero-order chi connectivity index (χ0) is 10.9. The topological polar surface area (TPSA) is 41.8 Å². The van der Waals surface area contributed by atoms with Gasteiger partial charge in [-0.2, -0.15) is 0 Å². The summed E-state index contributed by atoms with van der Waals surface area (Å²) in [5.41, 5.74) is 1.68. The van der Waals surface area contributed by atoms with Crippen LogP contribution >= 0.6 is 0 Å². The van der Waals surface area contributed by atoms with Gasteiger partial charge in [0.05, 0.1) is 6.61 Å². The SMILES string of the molecule is Cc1cccc(C2=N[C@@](C)(CO)CO2)c1. The van der Waals surface area contributed by atoms with E-state index in [1.165, 1.54) is 5.56 Å². The molecule has 2 rings (SSSR count). The molecule has 1 aliphatic rings. The summed E-state index contributed by atoms with van der Waals surface area (Å²) in [7, 11) is 0. The van der Waals surface area contributed by atoms with E-state index in [-0.39, 0.29) is 6.61 Å². The van der Waals surface area contributed by atoms with Gasteiger partial charge < -0.3 is 9.84 Å². The highest BCUT2D eigenvalue weighted by Gasteiger charge is 2.31. The van der Waals surface area contributed by atoms with Crippen molar-refractivity contribution in [3.8, 4) is 0 Å². The van der Waals surface area contributed by atoms with Crippen LogP contribution in [0.1, 0.15) is 18.1 Å². The van der Waals surface area contributed by atoms with Crippen LogP contribution in [-0.4, -0.2) is 29.8 Å². The highest BCUT2D eigenvalue weighted by molar-refractivity contribution is 5.95. The fourth-order valence-electron chi connectivity index (χ4n) is 1.54. The molecule has 0 radical (unpaired) electrons. The standard InChI is InChI=1S/C12H15NO2/c1-9-4-3-5-10(6-9)11-13-12(2,7-14)8-15-11/h3-6,14H,7-8H2,1-2H3/t12-/m0/s1. The summed E-state index contributed by atoms with van der Waals surface area (Å²) >= 11 is 0. The quantitative estimate of drug-likeness (QED) is 0.795. The summed E-state index contributed by atoms with van der Waals surface area (Å²) in [6.07, 6.45) is 0. The molecule has 0 saturated carbocycles. The Kier molecular flexibility index (Phi) is 2.49. The zero-order valence-corrected chi connectivity index (χ0v) is 9.03. The molecule has 0 aromatic heterocycles. The van der Waals surface area contributed by atoms with E-state index in [0.717, 1.165) is 5.56 Å². The fraction of sp³-hybridized carbons (Fsp3) is 0.417. The van der Waals surface area contributed by atoms with Crippen LogP contribution in [0.4, 0.5) is 0 Å². The van der Waals surface area contributed by atoms with Crippen molar-refractivity contribution in [3.05, 3.63) is 35.4 Å². The Balaban J connectivity index is 2.30. The Morgan fingerprint density at radius 3 is 2.93 bits per heavy atom. The highest BCUT2D eigenvalue weighted by Crippen LogP contribution is 2.21. The highest BCUT2D eigenvalue weighted by atomic mass is 16.5. The van der Waals surface area contributed by atoms with Gasteiger partial charge in [-0.15, -0.1) is 0 Å². The van der Waals surface area contributed by atoms with E-state index < -0.39 is 5.54 Å². The van der Waals surface area contributed by atoms with Crippen LogP contribution in [0.25, 0.3) is 0 Å². The molecule has 1 aliphatic heterocycles. The van der Waals surface area contributed by atoms with Crippen molar-refractivity contribution in [1.29, 1.82) is 0 Å². The molecule has 1 aromatic carbocycles. The van der Waals surface area contributed by atoms with Crippen molar-refractivity contribution in [1.82, 2.24) is 0 Å². The van der Waals surface area contributed by atoms with Gasteiger partial charge in [0.25, 0.3) is 0 Å². The van der Waals surface area contributed by atoms with Crippen molar-refractivity contribution in [2.24, 2.45) is 4.99 Å². The third kappa shape index (κ3) is 2.02. The van der Waals surface area contributed by atoms with Gasteiger partial charge in [-0.25, -0.2) is 4.99 Å². The third-order valence-corrected chi connectivity index (χ3v) is 2.50. The molecule has 1 atom stereocenters. The van der Waals surface area contributed by atoms with Gasteiger partial charge in [-0.3, -0.25) is 0 Å². The molecule has 0 spiro atoms. The first-order valence-electron chi connectivity index (χ1n) is 5.03. The molecular weight excluding hydrogens is 190 g/mol. The number of ether oxygens (including phenoxy) is 1. The van der Waals surface area contributed by atoms with Crippen LogP contribution < -0.4 is 0 Å². The summed E-state index contributed by atoms with van der Waals surface area (Å²) in [5.74, 6) is 0.634. The summed E-state index contributed by atoms with van der Waals surface area (Å²) in [6, 6.07) is 8.01. The predicted octanol–water partition coefficient (Wildman–Crippen LogP) is 1.52. The van der Waals surface area contributed by atoms with Crippen LogP contribution in [0.3, 0.4) is 0 Å². The van der Waals surface area contributed by atoms with Crippen LogP contribution in [0.2, 0.25) is 0 Å². The van der Waals surface area contributed by atoms with Gasteiger partial charge in [0.1, 0.15) is 12.1 Å². The van der Waals surface area contributed by atoms with Gasteiger partial charge >= 0.3 is 0 Å². The first-order valence-corrected chi connectivity index (χ1v) is 5.03. The number of aliphatic hydroxyl groups is 1. The minimum atomic E-state index is -0.473. The largest absolute Gasteiger partial charge is 0.475 e. The maximum Gasteiger partial charge on any atom is 0.216 e. The van der Waals surface area contributed by atoms with Crippen molar-refractivity contribution in [3.63, 3.8) is 0 Å². The lowest BCUT2D eigenvalue weighted by atomic mass is 10.1. The summed E-state index contributed by atoms with van der Waals surface area (Å²) < 4.78 is 5.49. The number of benzene rings is 1. The van der Waals surface area contributed by atoms with E-state index in [0.29, 0.717) is 12.5 Å². The smallest absolute Gasteiger partial charge is 0.216 e. The molecule has 15 heavy (non-hydrogen) atoms. The Morgan fingerprint density at radius 2 is 2.33 bits per heavy atom. The molecule has 0 fully saturated rings. The molecule has 1 N–H and O–H groups in total. The van der Waals surface area contributed by atoms with Crippen LogP contribution in [0.5, 0.6) is 0 Å². The average molecular weight is 205 g/mol. The zero-order valence-electron chi connectivity index (χ0n) is 9.03. The van der Waals surface area contributed by atoms with Crippen LogP contribution in [0, 0.1) is 6.92 Å². The molecule has 3 nitrogen and oxygen atoms in total. The third-order valence-electron chi connectivity index (χ3n) is 2.50. The minimum Gasteiger partial charge on any atom is -0.475 e. The fourth-order valence-corrected chi connectivity index (χ4v) is 1.54. The normalized spacial score (nSPS) is 24.9. The average Bonchev–Trinajstić information content (AvgIpc) is 2.62. The molecule has 0 aliphatic carbocycles. The Morgan fingerprint density at radius 1 is 1.53 bits per heavy atom. The number of aliphatic hydroxyl groups excluding tert-OH is 1. The molecule has 0 saturated heterocycles. The summed E-state index contributed by atoms with van der Waals surface area (Å²) in [6.45, 7) is 4.38.